The van der Waals surface area contributed by atoms with E-state index in [1.165, 1.54) is 11.1 Å². The molecular weight excluding hydrogens is 224 g/mol. The molecular formula is C16H22O2. The second-order valence-corrected chi connectivity index (χ2v) is 5.75. The average Bonchev–Trinajstić information content (AvgIpc) is 2.66. The molecule has 18 heavy (non-hydrogen) atoms. The number of carbonyl (C=O) groups is 1. The second-order valence-electron chi connectivity index (χ2n) is 5.75. The van der Waals surface area contributed by atoms with Crippen molar-refractivity contribution in [2.45, 2.75) is 46.6 Å². The van der Waals surface area contributed by atoms with Crippen molar-refractivity contribution in [3.63, 3.8) is 0 Å². The van der Waals surface area contributed by atoms with Crippen LogP contribution in [0.3, 0.4) is 0 Å². The lowest BCUT2D eigenvalue weighted by atomic mass is 9.86. The van der Waals surface area contributed by atoms with Crippen LogP contribution in [0.25, 0.3) is 0 Å². The Balaban J connectivity index is 2.05. The summed E-state index contributed by atoms with van der Waals surface area (Å²) in [6.07, 6.45) is 1.94. The first kappa shape index (κ1) is 13.1. The highest BCUT2D eigenvalue weighted by molar-refractivity contribution is 5.78. The maximum absolute atomic E-state index is 11.6. The molecule has 0 saturated carbocycles. The molecule has 1 aromatic rings. The molecule has 0 radical (unpaired) electrons. The van der Waals surface area contributed by atoms with Crippen LogP contribution >= 0.6 is 0 Å². The zero-order valence-corrected chi connectivity index (χ0v) is 11.7. The molecule has 2 nitrogen and oxygen atoms in total. The molecule has 0 fully saturated rings. The third-order valence-corrected chi connectivity index (χ3v) is 3.80. The van der Waals surface area contributed by atoms with E-state index in [-0.39, 0.29) is 17.8 Å². The van der Waals surface area contributed by atoms with E-state index in [4.69, 9.17) is 4.74 Å². The Morgan fingerprint density at radius 3 is 2.78 bits per heavy atom. The molecule has 2 atom stereocenters. The number of carbonyl (C=O) groups excluding carboxylic acids is 1. The van der Waals surface area contributed by atoms with Crippen molar-refractivity contribution >= 4 is 5.78 Å². The molecule has 0 aliphatic carbocycles. The summed E-state index contributed by atoms with van der Waals surface area (Å²) >= 11 is 0. The Hall–Kier alpha value is -1.31. The second kappa shape index (κ2) is 5.13. The number of aryl methyl sites for hydroxylation is 1. The highest BCUT2D eigenvalue weighted by Crippen LogP contribution is 2.33. The first-order valence-electron chi connectivity index (χ1n) is 6.74. The molecule has 1 aliphatic rings. The number of fused-ring (bicyclic) bond motifs is 1. The summed E-state index contributed by atoms with van der Waals surface area (Å²) in [7, 11) is 0. The van der Waals surface area contributed by atoms with Gasteiger partial charge in [0.05, 0.1) is 0 Å². The van der Waals surface area contributed by atoms with Crippen molar-refractivity contribution in [1.82, 2.24) is 0 Å². The molecule has 0 aromatic heterocycles. The average molecular weight is 246 g/mol. The van der Waals surface area contributed by atoms with Crippen LogP contribution in [0.15, 0.2) is 18.2 Å². The summed E-state index contributed by atoms with van der Waals surface area (Å²) in [6, 6.07) is 6.31. The van der Waals surface area contributed by atoms with Crippen LogP contribution in [-0.2, 0) is 11.2 Å². The summed E-state index contributed by atoms with van der Waals surface area (Å²) < 4.78 is 5.94. The zero-order chi connectivity index (χ0) is 13.3. The first-order valence-corrected chi connectivity index (χ1v) is 6.74. The van der Waals surface area contributed by atoms with Gasteiger partial charge in [-0.3, -0.25) is 4.79 Å². The molecule has 2 rings (SSSR count). The van der Waals surface area contributed by atoms with Crippen LogP contribution in [-0.4, -0.2) is 11.9 Å². The van der Waals surface area contributed by atoms with Crippen LogP contribution in [0.2, 0.25) is 0 Å². The van der Waals surface area contributed by atoms with Gasteiger partial charge in [-0.15, -0.1) is 0 Å². The number of rotatable bonds is 4. The van der Waals surface area contributed by atoms with Crippen molar-refractivity contribution in [2.75, 3.05) is 0 Å². The van der Waals surface area contributed by atoms with Crippen LogP contribution in [0.1, 0.15) is 38.3 Å². The Labute approximate surface area is 109 Å². The standard InChI is InChI=1S/C16H22O2/c1-10(2)15(12(4)17)9-14-8-13-7-11(3)5-6-16(13)18-14/h5-7,10,14-15H,8-9H2,1-4H3. The minimum Gasteiger partial charge on any atom is -0.490 e. The molecule has 98 valence electrons. The molecule has 2 unspecified atom stereocenters. The maximum atomic E-state index is 11.6. The van der Waals surface area contributed by atoms with E-state index >= 15 is 0 Å². The van der Waals surface area contributed by atoms with Crippen molar-refractivity contribution < 1.29 is 9.53 Å². The van der Waals surface area contributed by atoms with E-state index in [1.807, 2.05) is 6.07 Å². The number of hydrogen-bond acceptors (Lipinski definition) is 2. The summed E-state index contributed by atoms with van der Waals surface area (Å²) in [5, 5.41) is 0. The minimum absolute atomic E-state index is 0.116. The maximum Gasteiger partial charge on any atom is 0.133 e. The van der Waals surface area contributed by atoms with Crippen molar-refractivity contribution in [2.24, 2.45) is 11.8 Å². The fourth-order valence-corrected chi connectivity index (χ4v) is 2.77. The van der Waals surface area contributed by atoms with Crippen LogP contribution in [0, 0.1) is 18.8 Å². The Bertz CT molecular complexity index is 448. The van der Waals surface area contributed by atoms with Gasteiger partial charge in [-0.1, -0.05) is 31.5 Å². The van der Waals surface area contributed by atoms with Gasteiger partial charge in [0.15, 0.2) is 0 Å². The lowest BCUT2D eigenvalue weighted by Gasteiger charge is -2.21. The number of ether oxygens (including phenoxy) is 1. The van der Waals surface area contributed by atoms with E-state index in [0.717, 1.165) is 18.6 Å². The summed E-state index contributed by atoms with van der Waals surface area (Å²) in [4.78, 5) is 11.6. The monoisotopic (exact) mass is 246 g/mol. The fourth-order valence-electron chi connectivity index (χ4n) is 2.77. The molecule has 1 aliphatic heterocycles. The SMILES string of the molecule is CC(=O)C(CC1Cc2cc(C)ccc2O1)C(C)C. The Morgan fingerprint density at radius 1 is 1.44 bits per heavy atom. The van der Waals surface area contributed by atoms with Gasteiger partial charge in [-0.2, -0.15) is 0 Å². The molecule has 1 aromatic carbocycles. The smallest absolute Gasteiger partial charge is 0.133 e. The van der Waals surface area contributed by atoms with E-state index in [9.17, 15) is 4.79 Å². The third kappa shape index (κ3) is 2.74. The van der Waals surface area contributed by atoms with Crippen LogP contribution < -0.4 is 4.74 Å². The van der Waals surface area contributed by atoms with E-state index in [2.05, 4.69) is 32.9 Å². The molecule has 0 amide bonds. The predicted octanol–water partition coefficient (Wildman–Crippen LogP) is 3.55. The van der Waals surface area contributed by atoms with Gasteiger partial charge in [-0.25, -0.2) is 0 Å². The van der Waals surface area contributed by atoms with Gasteiger partial charge in [0.2, 0.25) is 0 Å². The van der Waals surface area contributed by atoms with Crippen molar-refractivity contribution in [3.8, 4) is 5.75 Å². The van der Waals surface area contributed by atoms with E-state index in [1.54, 1.807) is 6.92 Å². The Morgan fingerprint density at radius 2 is 2.17 bits per heavy atom. The lowest BCUT2D eigenvalue weighted by Crippen LogP contribution is -2.26. The van der Waals surface area contributed by atoms with E-state index in [0.29, 0.717) is 5.92 Å². The molecule has 0 bridgehead atoms. The number of Topliss-reactive ketones (excluding diaryl/α,β-unsaturated/α-hetero) is 1. The summed E-state index contributed by atoms with van der Waals surface area (Å²) in [6.45, 7) is 8.01. The quantitative estimate of drug-likeness (QED) is 0.812. The Kier molecular flexibility index (Phi) is 3.74. The van der Waals surface area contributed by atoms with Crippen LogP contribution in [0.4, 0.5) is 0 Å². The summed E-state index contributed by atoms with van der Waals surface area (Å²) in [5.74, 6) is 1.78. The number of hydrogen-bond donors (Lipinski definition) is 0. The number of ketones is 1. The highest BCUT2D eigenvalue weighted by atomic mass is 16.5. The van der Waals surface area contributed by atoms with Crippen LogP contribution in [0.5, 0.6) is 5.75 Å². The van der Waals surface area contributed by atoms with Gasteiger partial charge in [-0.05, 0) is 37.8 Å². The largest absolute Gasteiger partial charge is 0.490 e. The fraction of sp³-hybridized carbons (Fsp3) is 0.562. The minimum atomic E-state index is 0.116. The van der Waals surface area contributed by atoms with Gasteiger partial charge in [0.1, 0.15) is 17.6 Å². The molecule has 2 heteroatoms. The van der Waals surface area contributed by atoms with Crippen molar-refractivity contribution in [3.05, 3.63) is 29.3 Å². The lowest BCUT2D eigenvalue weighted by molar-refractivity contribution is -0.122. The summed E-state index contributed by atoms with van der Waals surface area (Å²) in [5.41, 5.74) is 2.55. The first-order chi connectivity index (χ1) is 8.47. The molecule has 0 saturated heterocycles. The molecule has 0 N–H and O–H groups in total. The highest BCUT2D eigenvalue weighted by Gasteiger charge is 2.29. The normalized spacial score (nSPS) is 19.5. The van der Waals surface area contributed by atoms with Gasteiger partial charge < -0.3 is 4.74 Å². The zero-order valence-electron chi connectivity index (χ0n) is 11.7. The molecule has 0 spiro atoms. The van der Waals surface area contributed by atoms with Crippen molar-refractivity contribution in [1.29, 1.82) is 0 Å². The third-order valence-electron chi connectivity index (χ3n) is 3.80. The number of benzene rings is 1. The van der Waals surface area contributed by atoms with Gasteiger partial charge in [0.25, 0.3) is 0 Å². The molecule has 1 heterocycles. The predicted molar refractivity (Wildman–Crippen MR) is 72.9 cm³/mol. The topological polar surface area (TPSA) is 26.3 Å². The van der Waals surface area contributed by atoms with Gasteiger partial charge in [0, 0.05) is 12.3 Å². The van der Waals surface area contributed by atoms with E-state index < -0.39 is 0 Å². The van der Waals surface area contributed by atoms with Gasteiger partial charge >= 0.3 is 0 Å².